The normalized spacial score (nSPS) is 14.7. The van der Waals surface area contributed by atoms with Gasteiger partial charge < -0.3 is 5.32 Å². The minimum absolute atomic E-state index is 0.316. The molecule has 0 unspecified atom stereocenters. The number of nitrogens with one attached hydrogen (secondary N) is 1. The summed E-state index contributed by atoms with van der Waals surface area (Å²) in [4.78, 5) is 0. The van der Waals surface area contributed by atoms with E-state index in [0.29, 0.717) is 10.7 Å². The molecule has 1 aromatic heterocycles. The molecule has 1 N–H and O–H groups in total. The lowest BCUT2D eigenvalue weighted by atomic mass is 10.2. The molecule has 5 heteroatoms. The number of benzene rings is 1. The zero-order valence-corrected chi connectivity index (χ0v) is 11.9. The summed E-state index contributed by atoms with van der Waals surface area (Å²) in [5.74, 6) is -0.359. The van der Waals surface area contributed by atoms with Gasteiger partial charge in [0.25, 0.3) is 0 Å². The highest BCUT2D eigenvalue weighted by Gasteiger charge is 2.19. The Kier molecular flexibility index (Phi) is 4.03. The van der Waals surface area contributed by atoms with Crippen LogP contribution >= 0.6 is 11.6 Å². The Labute approximate surface area is 122 Å². The Bertz CT molecular complexity index is 572. The molecule has 0 saturated heterocycles. The van der Waals surface area contributed by atoms with Crippen molar-refractivity contribution in [3.8, 4) is 5.69 Å². The van der Waals surface area contributed by atoms with Crippen molar-refractivity contribution in [1.29, 1.82) is 0 Å². The number of nitrogens with zero attached hydrogens (tertiary/aromatic N) is 2. The summed E-state index contributed by atoms with van der Waals surface area (Å²) < 4.78 is 15.3. The van der Waals surface area contributed by atoms with E-state index in [1.54, 1.807) is 18.3 Å². The van der Waals surface area contributed by atoms with Crippen molar-refractivity contribution >= 4 is 11.6 Å². The SMILES string of the molecule is Fc1cccc(Cl)c1-n1cc(CCCNC2CC2)cn1. The van der Waals surface area contributed by atoms with Gasteiger partial charge in [0.15, 0.2) is 0 Å². The van der Waals surface area contributed by atoms with Gasteiger partial charge in [0.2, 0.25) is 0 Å². The van der Waals surface area contributed by atoms with Crippen LogP contribution < -0.4 is 5.32 Å². The van der Waals surface area contributed by atoms with E-state index >= 15 is 0 Å². The molecule has 0 aliphatic heterocycles. The minimum Gasteiger partial charge on any atom is -0.314 e. The molecule has 20 heavy (non-hydrogen) atoms. The number of halogens is 2. The third-order valence-electron chi connectivity index (χ3n) is 3.46. The van der Waals surface area contributed by atoms with Gasteiger partial charge in [-0.1, -0.05) is 17.7 Å². The average Bonchev–Trinajstić information content (AvgIpc) is 3.13. The van der Waals surface area contributed by atoms with Crippen molar-refractivity contribution in [1.82, 2.24) is 15.1 Å². The molecular formula is C15H17ClFN3. The van der Waals surface area contributed by atoms with Crippen molar-refractivity contribution in [2.75, 3.05) is 6.54 Å². The highest BCUT2D eigenvalue weighted by atomic mass is 35.5. The minimum atomic E-state index is -0.359. The third kappa shape index (κ3) is 3.19. The molecule has 0 bridgehead atoms. The summed E-state index contributed by atoms with van der Waals surface area (Å²) >= 11 is 6.03. The number of para-hydroxylation sites is 1. The van der Waals surface area contributed by atoms with Crippen molar-refractivity contribution in [3.05, 3.63) is 47.0 Å². The smallest absolute Gasteiger partial charge is 0.150 e. The number of hydrogen-bond donors (Lipinski definition) is 1. The quantitative estimate of drug-likeness (QED) is 0.828. The van der Waals surface area contributed by atoms with Crippen molar-refractivity contribution in [2.24, 2.45) is 0 Å². The van der Waals surface area contributed by atoms with Crippen molar-refractivity contribution in [3.63, 3.8) is 0 Å². The Morgan fingerprint density at radius 1 is 1.40 bits per heavy atom. The summed E-state index contributed by atoms with van der Waals surface area (Å²) in [5.41, 5.74) is 1.42. The van der Waals surface area contributed by atoms with E-state index in [4.69, 9.17) is 11.6 Å². The first kappa shape index (κ1) is 13.6. The van der Waals surface area contributed by atoms with Crippen LogP contribution in [-0.2, 0) is 6.42 Å². The maximum atomic E-state index is 13.8. The van der Waals surface area contributed by atoms with Crippen molar-refractivity contribution < 1.29 is 4.39 Å². The summed E-state index contributed by atoms with van der Waals surface area (Å²) in [6.45, 7) is 1.02. The molecule has 2 aromatic rings. The topological polar surface area (TPSA) is 29.9 Å². The van der Waals surface area contributed by atoms with E-state index in [1.807, 2.05) is 6.20 Å². The van der Waals surface area contributed by atoms with Gasteiger partial charge in [-0.25, -0.2) is 9.07 Å². The van der Waals surface area contributed by atoms with E-state index in [2.05, 4.69) is 10.4 Å². The van der Waals surface area contributed by atoms with Crippen LogP contribution in [0.1, 0.15) is 24.8 Å². The molecule has 3 nitrogen and oxygen atoms in total. The zero-order chi connectivity index (χ0) is 13.9. The molecular weight excluding hydrogens is 277 g/mol. The lowest BCUT2D eigenvalue weighted by molar-refractivity contribution is 0.611. The van der Waals surface area contributed by atoms with Gasteiger partial charge in [-0.3, -0.25) is 0 Å². The second-order valence-corrected chi connectivity index (χ2v) is 5.60. The fourth-order valence-electron chi connectivity index (χ4n) is 2.21. The first-order valence-corrected chi connectivity index (χ1v) is 7.33. The first-order chi connectivity index (χ1) is 9.74. The summed E-state index contributed by atoms with van der Waals surface area (Å²) in [6.07, 6.45) is 8.24. The summed E-state index contributed by atoms with van der Waals surface area (Å²) in [5, 5.41) is 8.05. The summed E-state index contributed by atoms with van der Waals surface area (Å²) in [7, 11) is 0. The van der Waals surface area contributed by atoms with E-state index < -0.39 is 0 Å². The summed E-state index contributed by atoms with van der Waals surface area (Å²) in [6, 6.07) is 5.40. The number of aryl methyl sites for hydroxylation is 1. The molecule has 1 aromatic carbocycles. The fourth-order valence-corrected chi connectivity index (χ4v) is 2.46. The van der Waals surface area contributed by atoms with E-state index in [9.17, 15) is 4.39 Å². The molecule has 0 radical (unpaired) electrons. The van der Waals surface area contributed by atoms with Gasteiger partial charge in [0.05, 0.1) is 11.2 Å². The predicted octanol–water partition coefficient (Wildman–Crippen LogP) is 3.35. The molecule has 1 heterocycles. The van der Waals surface area contributed by atoms with Gasteiger partial charge in [-0.15, -0.1) is 0 Å². The Balaban J connectivity index is 1.63. The largest absolute Gasteiger partial charge is 0.314 e. The molecule has 0 atom stereocenters. The average molecular weight is 294 g/mol. The maximum absolute atomic E-state index is 13.8. The molecule has 1 aliphatic rings. The van der Waals surface area contributed by atoms with Gasteiger partial charge >= 0.3 is 0 Å². The molecule has 0 spiro atoms. The van der Waals surface area contributed by atoms with Crippen LogP contribution in [0.5, 0.6) is 0 Å². The van der Waals surface area contributed by atoms with Crippen LogP contribution in [0.15, 0.2) is 30.6 Å². The number of rotatable bonds is 6. The Hall–Kier alpha value is -1.39. The number of aromatic nitrogens is 2. The molecule has 106 valence electrons. The van der Waals surface area contributed by atoms with Crippen LogP contribution in [0.2, 0.25) is 5.02 Å². The first-order valence-electron chi connectivity index (χ1n) is 6.95. The highest BCUT2D eigenvalue weighted by Crippen LogP contribution is 2.23. The standard InChI is InChI=1S/C15H17ClFN3/c16-13-4-1-5-14(17)15(13)20-10-11(9-19-20)3-2-8-18-12-6-7-12/h1,4-5,9-10,12,18H,2-3,6-8H2. The molecule has 1 fully saturated rings. The Morgan fingerprint density at radius 3 is 3.00 bits per heavy atom. The Morgan fingerprint density at radius 2 is 2.25 bits per heavy atom. The molecule has 3 rings (SSSR count). The maximum Gasteiger partial charge on any atom is 0.150 e. The monoisotopic (exact) mass is 293 g/mol. The van der Waals surface area contributed by atoms with E-state index in [0.717, 1.165) is 31.0 Å². The lowest BCUT2D eigenvalue weighted by Gasteiger charge is -2.05. The second kappa shape index (κ2) is 5.94. The number of hydrogen-bond acceptors (Lipinski definition) is 2. The molecule has 0 amide bonds. The van der Waals surface area contributed by atoms with Crippen LogP contribution in [0.3, 0.4) is 0 Å². The van der Waals surface area contributed by atoms with Gasteiger partial charge in [-0.05, 0) is 49.9 Å². The highest BCUT2D eigenvalue weighted by molar-refractivity contribution is 6.32. The van der Waals surface area contributed by atoms with Crippen LogP contribution in [0, 0.1) is 5.82 Å². The second-order valence-electron chi connectivity index (χ2n) is 5.20. The van der Waals surface area contributed by atoms with E-state index in [-0.39, 0.29) is 5.82 Å². The van der Waals surface area contributed by atoms with Crippen LogP contribution in [-0.4, -0.2) is 22.4 Å². The fraction of sp³-hybridized carbons (Fsp3) is 0.400. The van der Waals surface area contributed by atoms with Crippen molar-refractivity contribution in [2.45, 2.75) is 31.7 Å². The van der Waals surface area contributed by atoms with Gasteiger partial charge in [0.1, 0.15) is 11.5 Å². The lowest BCUT2D eigenvalue weighted by Crippen LogP contribution is -2.17. The third-order valence-corrected chi connectivity index (χ3v) is 3.76. The van der Waals surface area contributed by atoms with Gasteiger partial charge in [-0.2, -0.15) is 5.10 Å². The predicted molar refractivity (Wildman–Crippen MR) is 77.9 cm³/mol. The molecule has 1 aliphatic carbocycles. The molecule has 1 saturated carbocycles. The van der Waals surface area contributed by atoms with Gasteiger partial charge in [0, 0.05) is 12.2 Å². The van der Waals surface area contributed by atoms with Crippen LogP contribution in [0.25, 0.3) is 5.69 Å². The van der Waals surface area contributed by atoms with E-state index in [1.165, 1.54) is 23.6 Å². The zero-order valence-electron chi connectivity index (χ0n) is 11.1. The van der Waals surface area contributed by atoms with Crippen LogP contribution in [0.4, 0.5) is 4.39 Å².